The summed E-state index contributed by atoms with van der Waals surface area (Å²) in [6.45, 7) is 0. The molecule has 2 unspecified atom stereocenters. The molecule has 0 aliphatic carbocycles. The molecule has 0 saturated carbocycles. The standard InChI is InChI=1S/C18H15ClN2O2.HNO3/c1-22-14-6-4-5-13(11-14)18(15-7-2-3-8-16(15)19)17(23-18)21-10-9-20-12-21;2-1(3)4/h2-12,17H,1H3;(H,2,3,4). The van der Waals surface area contributed by atoms with E-state index in [-0.39, 0.29) is 6.23 Å². The van der Waals surface area contributed by atoms with Crippen LogP contribution in [0.2, 0.25) is 5.02 Å². The SMILES string of the molecule is COc1cccc(C2(c3ccccc3Cl)OC2n2ccnc2)c1.O=[N+]([O-])O. The number of rotatable bonds is 4. The van der Waals surface area contributed by atoms with Crippen LogP contribution in [0.15, 0.2) is 67.3 Å². The first-order chi connectivity index (χ1) is 13.0. The van der Waals surface area contributed by atoms with E-state index < -0.39 is 10.7 Å². The van der Waals surface area contributed by atoms with Gasteiger partial charge in [0.25, 0.3) is 5.09 Å². The average molecular weight is 390 g/mol. The van der Waals surface area contributed by atoms with Gasteiger partial charge in [0.15, 0.2) is 11.8 Å². The zero-order valence-electron chi connectivity index (χ0n) is 14.2. The number of aromatic nitrogens is 2. The molecule has 0 bridgehead atoms. The lowest BCUT2D eigenvalue weighted by Gasteiger charge is -2.16. The van der Waals surface area contributed by atoms with Crippen LogP contribution in [0.5, 0.6) is 5.75 Å². The molecule has 9 heteroatoms. The summed E-state index contributed by atoms with van der Waals surface area (Å²) in [4.78, 5) is 12.5. The van der Waals surface area contributed by atoms with E-state index in [9.17, 15) is 0 Å². The Morgan fingerprint density at radius 3 is 2.70 bits per heavy atom. The molecule has 1 aliphatic heterocycles. The van der Waals surface area contributed by atoms with Crippen LogP contribution in [0.1, 0.15) is 17.4 Å². The molecule has 1 aromatic heterocycles. The molecule has 0 spiro atoms. The van der Waals surface area contributed by atoms with Crippen molar-refractivity contribution in [1.82, 2.24) is 9.55 Å². The Labute approximate surface area is 159 Å². The molecule has 2 atom stereocenters. The maximum Gasteiger partial charge on any atom is 0.291 e. The molecule has 140 valence electrons. The maximum absolute atomic E-state index is 8.36. The van der Waals surface area contributed by atoms with E-state index in [0.717, 1.165) is 16.9 Å². The summed E-state index contributed by atoms with van der Waals surface area (Å²) in [5.41, 5.74) is 1.31. The van der Waals surface area contributed by atoms with Crippen LogP contribution < -0.4 is 4.74 Å². The van der Waals surface area contributed by atoms with E-state index in [1.54, 1.807) is 19.6 Å². The lowest BCUT2D eigenvalue weighted by atomic mass is 9.90. The molecule has 3 aromatic rings. The van der Waals surface area contributed by atoms with Gasteiger partial charge in [0, 0.05) is 23.0 Å². The van der Waals surface area contributed by atoms with Crippen LogP contribution in [0.4, 0.5) is 0 Å². The number of halogens is 1. The van der Waals surface area contributed by atoms with Gasteiger partial charge in [-0.1, -0.05) is 41.9 Å². The predicted molar refractivity (Wildman–Crippen MR) is 96.4 cm³/mol. The van der Waals surface area contributed by atoms with Crippen molar-refractivity contribution in [2.45, 2.75) is 11.8 Å². The Bertz CT molecular complexity index is 930. The van der Waals surface area contributed by atoms with Crippen LogP contribution in [-0.2, 0) is 10.3 Å². The van der Waals surface area contributed by atoms with E-state index in [2.05, 4.69) is 4.98 Å². The van der Waals surface area contributed by atoms with Crippen molar-refractivity contribution in [2.75, 3.05) is 7.11 Å². The molecule has 8 nitrogen and oxygen atoms in total. The fourth-order valence-electron chi connectivity index (χ4n) is 3.00. The van der Waals surface area contributed by atoms with Crippen molar-refractivity contribution in [3.05, 3.63) is 93.5 Å². The molecule has 1 aliphatic rings. The zero-order valence-corrected chi connectivity index (χ0v) is 15.0. The summed E-state index contributed by atoms with van der Waals surface area (Å²) in [5, 5.41) is 14.3. The summed E-state index contributed by atoms with van der Waals surface area (Å²) in [6, 6.07) is 15.7. The van der Waals surface area contributed by atoms with Crippen molar-refractivity contribution in [3.63, 3.8) is 0 Å². The van der Waals surface area contributed by atoms with Crippen molar-refractivity contribution in [3.8, 4) is 5.75 Å². The van der Waals surface area contributed by atoms with Gasteiger partial charge in [0.1, 0.15) is 5.75 Å². The monoisotopic (exact) mass is 389 g/mol. The van der Waals surface area contributed by atoms with Crippen LogP contribution in [0.25, 0.3) is 0 Å². The molecule has 27 heavy (non-hydrogen) atoms. The highest BCUT2D eigenvalue weighted by Crippen LogP contribution is 2.60. The second-order valence-electron chi connectivity index (χ2n) is 5.67. The summed E-state index contributed by atoms with van der Waals surface area (Å²) >= 11 is 6.46. The smallest absolute Gasteiger partial charge is 0.291 e. The molecule has 1 saturated heterocycles. The van der Waals surface area contributed by atoms with Crippen LogP contribution >= 0.6 is 11.6 Å². The second kappa shape index (κ2) is 7.65. The average Bonchev–Trinajstić information content (AvgIpc) is 3.16. The van der Waals surface area contributed by atoms with Gasteiger partial charge < -0.3 is 19.2 Å². The predicted octanol–water partition coefficient (Wildman–Crippen LogP) is 3.67. The molecule has 1 N–H and O–H groups in total. The number of methoxy groups -OCH3 is 1. The molecule has 0 radical (unpaired) electrons. The largest absolute Gasteiger partial charge is 0.497 e. The van der Waals surface area contributed by atoms with Crippen molar-refractivity contribution < 1.29 is 19.8 Å². The fraction of sp³-hybridized carbons (Fsp3) is 0.167. The highest BCUT2D eigenvalue weighted by Gasteiger charge is 2.61. The zero-order chi connectivity index (χ0) is 19.4. The minimum Gasteiger partial charge on any atom is -0.497 e. The normalized spacial score (nSPS) is 20.3. The van der Waals surface area contributed by atoms with Gasteiger partial charge in [-0.3, -0.25) is 0 Å². The highest BCUT2D eigenvalue weighted by molar-refractivity contribution is 6.31. The Hall–Kier alpha value is -3.10. The van der Waals surface area contributed by atoms with Crippen LogP contribution in [0.3, 0.4) is 0 Å². The first-order valence-corrected chi connectivity index (χ1v) is 8.25. The van der Waals surface area contributed by atoms with Gasteiger partial charge in [0.05, 0.1) is 13.4 Å². The minimum absolute atomic E-state index is 0.183. The molecule has 1 fully saturated rings. The lowest BCUT2D eigenvalue weighted by Crippen LogP contribution is -2.15. The maximum atomic E-state index is 8.36. The first kappa shape index (κ1) is 18.7. The van der Waals surface area contributed by atoms with Gasteiger partial charge in [-0.25, -0.2) is 4.98 Å². The highest BCUT2D eigenvalue weighted by atomic mass is 35.5. The summed E-state index contributed by atoms with van der Waals surface area (Å²) in [7, 11) is 1.66. The topological polar surface area (TPSA) is 103 Å². The fourth-order valence-corrected chi connectivity index (χ4v) is 3.28. The van der Waals surface area contributed by atoms with Gasteiger partial charge in [-0.15, -0.1) is 10.1 Å². The van der Waals surface area contributed by atoms with E-state index in [1.807, 2.05) is 59.3 Å². The lowest BCUT2D eigenvalue weighted by molar-refractivity contribution is -0.742. The van der Waals surface area contributed by atoms with Crippen molar-refractivity contribution in [2.24, 2.45) is 0 Å². The molecule has 2 aromatic carbocycles. The molecule has 4 rings (SSSR count). The summed E-state index contributed by atoms with van der Waals surface area (Å²) in [6.07, 6.45) is 5.20. The Kier molecular flexibility index (Phi) is 5.29. The molecule has 2 heterocycles. The second-order valence-corrected chi connectivity index (χ2v) is 6.07. The van der Waals surface area contributed by atoms with Gasteiger partial charge in [-0.05, 0) is 23.8 Å². The van der Waals surface area contributed by atoms with E-state index in [0.29, 0.717) is 5.02 Å². The van der Waals surface area contributed by atoms with E-state index >= 15 is 0 Å². The Morgan fingerprint density at radius 2 is 2.07 bits per heavy atom. The van der Waals surface area contributed by atoms with E-state index in [4.69, 9.17) is 36.4 Å². The van der Waals surface area contributed by atoms with E-state index in [1.165, 1.54) is 0 Å². The molecule has 0 amide bonds. The number of ether oxygens (including phenoxy) is 2. The van der Waals surface area contributed by atoms with Gasteiger partial charge in [0.2, 0.25) is 0 Å². The third-order valence-corrected chi connectivity index (χ3v) is 4.49. The van der Waals surface area contributed by atoms with Crippen molar-refractivity contribution in [1.29, 1.82) is 0 Å². The number of hydrogen-bond donors (Lipinski definition) is 1. The summed E-state index contributed by atoms with van der Waals surface area (Å²) in [5.74, 6) is 0.786. The third kappa shape index (κ3) is 3.71. The number of benzene rings is 2. The quantitative estimate of drug-likeness (QED) is 0.415. The minimum atomic E-state index is -1.50. The third-order valence-electron chi connectivity index (χ3n) is 4.16. The molecular formula is C18H16ClN3O5. The first-order valence-electron chi connectivity index (χ1n) is 7.87. The van der Waals surface area contributed by atoms with Crippen molar-refractivity contribution >= 4 is 11.6 Å². The number of nitrogens with zero attached hydrogens (tertiary/aromatic N) is 3. The van der Waals surface area contributed by atoms with Gasteiger partial charge in [-0.2, -0.15) is 0 Å². The summed E-state index contributed by atoms with van der Waals surface area (Å²) < 4.78 is 13.5. The van der Waals surface area contributed by atoms with Gasteiger partial charge >= 0.3 is 0 Å². The number of epoxide rings is 1. The molecular weight excluding hydrogens is 374 g/mol. The Balaban J connectivity index is 0.000000481. The van der Waals surface area contributed by atoms with Crippen LogP contribution in [0, 0.1) is 10.1 Å². The van der Waals surface area contributed by atoms with Crippen LogP contribution in [-0.4, -0.2) is 27.0 Å². The Morgan fingerprint density at radius 1 is 1.33 bits per heavy atom. The number of hydrogen-bond acceptors (Lipinski definition) is 5. The number of imidazole rings is 1.